The van der Waals surface area contributed by atoms with Crippen molar-refractivity contribution < 1.29 is 0 Å². The van der Waals surface area contributed by atoms with Crippen LogP contribution in [0.2, 0.25) is 0 Å². The fourth-order valence-corrected chi connectivity index (χ4v) is 4.25. The molecule has 0 N–H and O–H groups in total. The molecule has 3 aromatic rings. The van der Waals surface area contributed by atoms with Crippen LogP contribution < -0.4 is 4.90 Å². The normalized spacial score (nSPS) is 17.2. The van der Waals surface area contributed by atoms with E-state index < -0.39 is 0 Å². The molecule has 0 saturated carbocycles. The van der Waals surface area contributed by atoms with Gasteiger partial charge < -0.3 is 4.90 Å². The van der Waals surface area contributed by atoms with E-state index in [-0.39, 0.29) is 0 Å². The zero-order valence-corrected chi connectivity index (χ0v) is 12.0. The first-order valence-corrected chi connectivity index (χ1v) is 7.76. The Morgan fingerprint density at radius 3 is 2.73 bits per heavy atom. The maximum atomic E-state index is 2.46. The van der Waals surface area contributed by atoms with Gasteiger partial charge in [-0.05, 0) is 46.2 Å². The predicted molar refractivity (Wildman–Crippen MR) is 92.8 cm³/mol. The summed E-state index contributed by atoms with van der Waals surface area (Å²) in [6.07, 6.45) is 9.99. The molecular weight excluding hydrogens is 266 g/mol. The van der Waals surface area contributed by atoms with E-state index in [2.05, 4.69) is 71.7 Å². The highest BCUT2D eigenvalue weighted by atomic mass is 15.2. The summed E-state index contributed by atoms with van der Waals surface area (Å²) in [4.78, 5) is 2.46. The number of nitrogens with zero attached hydrogens (tertiary/aromatic N) is 1. The quantitative estimate of drug-likeness (QED) is 0.513. The van der Waals surface area contributed by atoms with Crippen molar-refractivity contribution in [2.75, 3.05) is 4.90 Å². The first-order valence-electron chi connectivity index (χ1n) is 7.76. The second-order valence-electron chi connectivity index (χ2n) is 6.28. The summed E-state index contributed by atoms with van der Waals surface area (Å²) in [6, 6.07) is 15.7. The van der Waals surface area contributed by atoms with Gasteiger partial charge in [0, 0.05) is 28.6 Å². The van der Waals surface area contributed by atoms with Crippen molar-refractivity contribution in [3.8, 4) is 0 Å². The van der Waals surface area contributed by atoms with Gasteiger partial charge in [-0.15, -0.1) is 0 Å². The second kappa shape index (κ2) is 3.50. The molecule has 3 aliphatic rings. The van der Waals surface area contributed by atoms with Gasteiger partial charge in [0.2, 0.25) is 0 Å². The van der Waals surface area contributed by atoms with Gasteiger partial charge >= 0.3 is 0 Å². The molecule has 0 aromatic heterocycles. The minimum Gasteiger partial charge on any atom is -0.313 e. The fourth-order valence-electron chi connectivity index (χ4n) is 4.25. The average molecular weight is 279 g/mol. The zero-order valence-electron chi connectivity index (χ0n) is 12.0. The number of hydrogen-bond acceptors (Lipinski definition) is 1. The third-order valence-corrected chi connectivity index (χ3v) is 5.10. The molecule has 0 bridgehead atoms. The van der Waals surface area contributed by atoms with Crippen molar-refractivity contribution in [3.05, 3.63) is 83.2 Å². The maximum Gasteiger partial charge on any atom is 0.0624 e. The van der Waals surface area contributed by atoms with E-state index in [1.54, 1.807) is 0 Å². The average Bonchev–Trinajstić information content (AvgIpc) is 2.55. The summed E-state index contributed by atoms with van der Waals surface area (Å²) in [5.74, 6) is 0. The van der Waals surface area contributed by atoms with Gasteiger partial charge in [-0.2, -0.15) is 0 Å². The van der Waals surface area contributed by atoms with Crippen molar-refractivity contribution in [2.24, 2.45) is 0 Å². The van der Waals surface area contributed by atoms with Crippen molar-refractivity contribution in [1.82, 2.24) is 0 Å². The highest BCUT2D eigenvalue weighted by molar-refractivity contribution is 6.18. The van der Waals surface area contributed by atoms with E-state index >= 15 is 0 Å². The van der Waals surface area contributed by atoms with Crippen LogP contribution in [0.3, 0.4) is 0 Å². The van der Waals surface area contributed by atoms with E-state index in [0.717, 1.165) is 6.42 Å². The van der Waals surface area contributed by atoms with Crippen LogP contribution in [0.25, 0.3) is 27.6 Å². The lowest BCUT2D eigenvalue weighted by Gasteiger charge is -2.39. The summed E-state index contributed by atoms with van der Waals surface area (Å²) >= 11 is 0. The third kappa shape index (κ3) is 1.13. The first kappa shape index (κ1) is 10.9. The molecular formula is C21H13N. The molecule has 1 heteroatoms. The van der Waals surface area contributed by atoms with Crippen molar-refractivity contribution in [2.45, 2.75) is 6.42 Å². The molecule has 0 spiro atoms. The minimum absolute atomic E-state index is 1.01. The number of rotatable bonds is 0. The molecule has 0 amide bonds. The first-order chi connectivity index (χ1) is 10.9. The Balaban J connectivity index is 1.96. The number of allylic oxidation sites excluding steroid dienone is 4. The predicted octanol–water partition coefficient (Wildman–Crippen LogP) is 5.16. The van der Waals surface area contributed by atoms with Gasteiger partial charge in [0.15, 0.2) is 0 Å². The summed E-state index contributed by atoms with van der Waals surface area (Å²) in [5.41, 5.74) is 6.85. The monoisotopic (exact) mass is 279 g/mol. The lowest BCUT2D eigenvalue weighted by atomic mass is 9.85. The Morgan fingerprint density at radius 1 is 0.909 bits per heavy atom. The number of hydrogen-bond donors (Lipinski definition) is 0. The Bertz CT molecular complexity index is 1100. The van der Waals surface area contributed by atoms with Gasteiger partial charge in [0.25, 0.3) is 0 Å². The van der Waals surface area contributed by atoms with Gasteiger partial charge in [0.1, 0.15) is 0 Å². The smallest absolute Gasteiger partial charge is 0.0624 e. The van der Waals surface area contributed by atoms with Crippen molar-refractivity contribution in [3.63, 3.8) is 0 Å². The van der Waals surface area contributed by atoms with Crippen molar-refractivity contribution >= 4 is 33.3 Å². The van der Waals surface area contributed by atoms with E-state index in [1.807, 2.05) is 0 Å². The lowest BCUT2D eigenvalue weighted by Crippen LogP contribution is -2.29. The second-order valence-corrected chi connectivity index (χ2v) is 6.28. The third-order valence-electron chi connectivity index (χ3n) is 5.10. The zero-order chi connectivity index (χ0) is 14.3. The molecule has 3 aromatic carbocycles. The summed E-state index contributed by atoms with van der Waals surface area (Å²) in [6.45, 7) is 0. The van der Waals surface area contributed by atoms with E-state index in [0.29, 0.717) is 0 Å². The maximum absolute atomic E-state index is 2.46. The molecule has 102 valence electrons. The van der Waals surface area contributed by atoms with E-state index in [9.17, 15) is 0 Å². The summed E-state index contributed by atoms with van der Waals surface area (Å²) in [7, 11) is 0. The van der Waals surface area contributed by atoms with Crippen LogP contribution in [0.5, 0.6) is 0 Å². The van der Waals surface area contributed by atoms with Crippen LogP contribution in [-0.2, 0) is 6.42 Å². The summed E-state index contributed by atoms with van der Waals surface area (Å²) < 4.78 is 0. The molecule has 6 rings (SSSR count). The highest BCUT2D eigenvalue weighted by Crippen LogP contribution is 2.49. The van der Waals surface area contributed by atoms with Crippen molar-refractivity contribution in [1.29, 1.82) is 0 Å². The standard InChI is InChI=1S/C21H13N/c1-4-13-10-14-5-2-7-16-12-18-9-3-8-17-11-15(6-1)19(13)21(20(14)16)22(17)18/h1-11H,12H2. The summed E-state index contributed by atoms with van der Waals surface area (Å²) in [5, 5.41) is 5.52. The van der Waals surface area contributed by atoms with Crippen LogP contribution >= 0.6 is 0 Å². The van der Waals surface area contributed by atoms with Crippen LogP contribution in [0, 0.1) is 0 Å². The van der Waals surface area contributed by atoms with E-state index in [4.69, 9.17) is 0 Å². The van der Waals surface area contributed by atoms with Crippen LogP contribution in [0.1, 0.15) is 11.1 Å². The fraction of sp³-hybridized carbons (Fsp3) is 0.0476. The Labute approximate surface area is 128 Å². The molecule has 0 atom stereocenters. The molecule has 0 fully saturated rings. The molecule has 0 saturated heterocycles. The SMILES string of the molecule is C1=CC2=Cc3cccc4cc5cccc6c5c(c34)N2C(=C1)C6. The molecule has 1 nitrogen and oxygen atoms in total. The van der Waals surface area contributed by atoms with Gasteiger partial charge in [0.05, 0.1) is 5.69 Å². The Hall–Kier alpha value is -2.80. The number of benzene rings is 3. The molecule has 22 heavy (non-hydrogen) atoms. The Kier molecular flexibility index (Phi) is 1.73. The minimum atomic E-state index is 1.01. The Morgan fingerprint density at radius 2 is 1.77 bits per heavy atom. The largest absolute Gasteiger partial charge is 0.313 e. The van der Waals surface area contributed by atoms with E-state index in [1.165, 1.54) is 49.8 Å². The van der Waals surface area contributed by atoms with Gasteiger partial charge in [-0.1, -0.05) is 42.5 Å². The lowest BCUT2D eigenvalue weighted by molar-refractivity contribution is 0.994. The molecule has 3 aliphatic heterocycles. The number of anilines is 1. The topological polar surface area (TPSA) is 3.24 Å². The van der Waals surface area contributed by atoms with Crippen LogP contribution in [0.4, 0.5) is 5.69 Å². The molecule has 0 aliphatic carbocycles. The molecule has 3 heterocycles. The molecule has 0 unspecified atom stereocenters. The van der Waals surface area contributed by atoms with Gasteiger partial charge in [-0.3, -0.25) is 0 Å². The van der Waals surface area contributed by atoms with Crippen LogP contribution in [-0.4, -0.2) is 0 Å². The van der Waals surface area contributed by atoms with Crippen LogP contribution in [0.15, 0.2) is 72.1 Å². The molecule has 0 radical (unpaired) electrons. The van der Waals surface area contributed by atoms with Gasteiger partial charge in [-0.25, -0.2) is 0 Å². The highest BCUT2D eigenvalue weighted by Gasteiger charge is 2.30.